The fourth-order valence-corrected chi connectivity index (χ4v) is 3.80. The van der Waals surface area contributed by atoms with Gasteiger partial charge in [-0.05, 0) is 35.7 Å². The molecular weight excluding hydrogens is 444 g/mol. The van der Waals surface area contributed by atoms with Crippen LogP contribution in [0.4, 0.5) is 8.78 Å². The van der Waals surface area contributed by atoms with Crippen LogP contribution in [0.1, 0.15) is 42.6 Å². The molecule has 2 aliphatic heterocycles. The van der Waals surface area contributed by atoms with E-state index in [1.807, 2.05) is 0 Å². The summed E-state index contributed by atoms with van der Waals surface area (Å²) >= 11 is 5.67. The fraction of sp³-hybridized carbons (Fsp3) is 0.273. The summed E-state index contributed by atoms with van der Waals surface area (Å²) in [6, 6.07) is 4.21. The van der Waals surface area contributed by atoms with Gasteiger partial charge in [0.1, 0.15) is 6.04 Å². The predicted octanol–water partition coefficient (Wildman–Crippen LogP) is 2.51. The molecule has 7 nitrogen and oxygen atoms in total. The van der Waals surface area contributed by atoms with Crippen molar-refractivity contribution in [1.29, 1.82) is 0 Å². The normalized spacial score (nSPS) is 19.3. The van der Waals surface area contributed by atoms with Crippen LogP contribution < -0.4 is 10.6 Å². The highest BCUT2D eigenvalue weighted by atomic mass is 35.5. The highest BCUT2D eigenvalue weighted by molar-refractivity contribution is 6.30. The second kappa shape index (κ2) is 8.31. The molecule has 1 atom stereocenters. The maximum atomic E-state index is 14.7. The minimum atomic E-state index is -4.13. The zero-order chi connectivity index (χ0) is 24.8. The third-order valence-corrected chi connectivity index (χ3v) is 5.57. The standard InChI is InChI=1S/C22H18ClF2N3O4/c23-15-4-2-14(3-5-15)22(24,25)21(32)26-10-12-1-6-16-13(9-12)11-28(20(16)31)17-7-8-18(29)27-19(17)30/h1-6,9,17H,7-8,10-11H2,(H,26,32)(H,27,29,30)/i2D,3D. The number of nitrogens with one attached hydrogen (secondary N) is 2. The average molecular weight is 464 g/mol. The van der Waals surface area contributed by atoms with Gasteiger partial charge in [-0.25, -0.2) is 0 Å². The number of piperidine rings is 1. The van der Waals surface area contributed by atoms with Gasteiger partial charge in [0.2, 0.25) is 11.8 Å². The highest BCUT2D eigenvalue weighted by Gasteiger charge is 2.41. The van der Waals surface area contributed by atoms with Crippen molar-refractivity contribution in [3.05, 3.63) is 69.7 Å². The number of fused-ring (bicyclic) bond motifs is 1. The number of halogens is 3. The molecule has 0 spiro atoms. The van der Waals surface area contributed by atoms with Gasteiger partial charge < -0.3 is 10.2 Å². The summed E-state index contributed by atoms with van der Waals surface area (Å²) in [5.74, 6) is -7.13. The zero-order valence-corrected chi connectivity index (χ0v) is 17.3. The molecule has 0 radical (unpaired) electrons. The Bertz CT molecular complexity index is 1220. The van der Waals surface area contributed by atoms with Crippen LogP contribution in [-0.2, 0) is 33.4 Å². The Hall–Kier alpha value is -3.33. The van der Waals surface area contributed by atoms with Crippen molar-refractivity contribution in [2.24, 2.45) is 0 Å². The quantitative estimate of drug-likeness (QED) is 0.666. The minimum Gasteiger partial charge on any atom is -0.346 e. The number of alkyl halides is 2. The number of amides is 4. The van der Waals surface area contributed by atoms with Gasteiger partial charge in [-0.15, -0.1) is 0 Å². The summed E-state index contributed by atoms with van der Waals surface area (Å²) < 4.78 is 44.7. The zero-order valence-electron chi connectivity index (χ0n) is 18.5. The molecule has 0 saturated carbocycles. The first-order chi connectivity index (χ1) is 16.0. The van der Waals surface area contributed by atoms with Crippen molar-refractivity contribution >= 4 is 35.2 Å². The lowest BCUT2D eigenvalue weighted by Crippen LogP contribution is -2.52. The van der Waals surface area contributed by atoms with Crippen molar-refractivity contribution in [1.82, 2.24) is 15.5 Å². The molecule has 0 bridgehead atoms. The highest BCUT2D eigenvalue weighted by Crippen LogP contribution is 2.30. The van der Waals surface area contributed by atoms with Gasteiger partial charge in [0.25, 0.3) is 11.8 Å². The van der Waals surface area contributed by atoms with Gasteiger partial charge in [0, 0.05) is 35.7 Å². The van der Waals surface area contributed by atoms with Crippen molar-refractivity contribution in [2.45, 2.75) is 37.9 Å². The molecule has 2 aliphatic rings. The summed E-state index contributed by atoms with van der Waals surface area (Å²) in [7, 11) is 0. The Labute approximate surface area is 189 Å². The Morgan fingerprint density at radius 1 is 1.25 bits per heavy atom. The van der Waals surface area contributed by atoms with Crippen LogP contribution in [0.3, 0.4) is 0 Å². The molecule has 166 valence electrons. The van der Waals surface area contributed by atoms with E-state index in [1.165, 1.54) is 17.0 Å². The van der Waals surface area contributed by atoms with E-state index >= 15 is 0 Å². The van der Waals surface area contributed by atoms with E-state index in [0.29, 0.717) is 16.7 Å². The lowest BCUT2D eigenvalue weighted by atomic mass is 10.0. The smallest absolute Gasteiger partial charge is 0.346 e. The first kappa shape index (κ1) is 19.4. The lowest BCUT2D eigenvalue weighted by Gasteiger charge is -2.29. The van der Waals surface area contributed by atoms with Gasteiger partial charge in [-0.3, -0.25) is 24.5 Å². The second-order valence-corrected chi connectivity index (χ2v) is 7.92. The Morgan fingerprint density at radius 3 is 2.66 bits per heavy atom. The van der Waals surface area contributed by atoms with E-state index in [0.717, 1.165) is 12.1 Å². The molecule has 2 aromatic rings. The molecule has 32 heavy (non-hydrogen) atoms. The molecule has 10 heteroatoms. The van der Waals surface area contributed by atoms with Crippen LogP contribution in [0.2, 0.25) is 5.02 Å². The number of nitrogens with zero attached hydrogens (tertiary/aromatic N) is 1. The maximum absolute atomic E-state index is 14.7. The fourth-order valence-electron chi connectivity index (χ4n) is 3.69. The number of carbonyl (C=O) groups excluding carboxylic acids is 4. The molecule has 1 saturated heterocycles. The number of carbonyl (C=O) groups is 4. The Balaban J connectivity index is 1.46. The molecule has 2 N–H and O–H groups in total. The molecule has 0 aliphatic carbocycles. The van der Waals surface area contributed by atoms with Crippen LogP contribution in [-0.4, -0.2) is 34.6 Å². The topological polar surface area (TPSA) is 95.6 Å². The van der Waals surface area contributed by atoms with Crippen LogP contribution in [0, 0.1) is 0 Å². The summed E-state index contributed by atoms with van der Waals surface area (Å²) in [4.78, 5) is 49.8. The summed E-state index contributed by atoms with van der Waals surface area (Å²) in [5, 5.41) is 4.26. The van der Waals surface area contributed by atoms with Gasteiger partial charge in [0.15, 0.2) is 0 Å². The second-order valence-electron chi connectivity index (χ2n) is 7.49. The van der Waals surface area contributed by atoms with Gasteiger partial charge >= 0.3 is 5.92 Å². The summed E-state index contributed by atoms with van der Waals surface area (Å²) in [5.41, 5.74) is 0.305. The first-order valence-electron chi connectivity index (χ1n) is 10.7. The van der Waals surface area contributed by atoms with Gasteiger partial charge in [0.05, 0.1) is 2.74 Å². The van der Waals surface area contributed by atoms with E-state index in [2.05, 4.69) is 10.6 Å². The third kappa shape index (κ3) is 4.08. The number of hydrogen-bond acceptors (Lipinski definition) is 4. The average Bonchev–Trinajstić information content (AvgIpc) is 3.06. The van der Waals surface area contributed by atoms with Gasteiger partial charge in [-0.1, -0.05) is 35.8 Å². The van der Waals surface area contributed by atoms with Crippen molar-refractivity contribution < 1.29 is 30.7 Å². The van der Waals surface area contributed by atoms with Crippen LogP contribution in [0.25, 0.3) is 0 Å². The van der Waals surface area contributed by atoms with E-state index < -0.39 is 47.3 Å². The van der Waals surface area contributed by atoms with E-state index in [-0.39, 0.29) is 36.9 Å². The SMILES string of the molecule is [2H]c1cc(Cl)cc([2H])c1C(F)(F)C(=O)NCc1ccc2c(c1)CN(C1CCC(=O)NC1=O)C2=O. The molecule has 1 fully saturated rings. The largest absolute Gasteiger partial charge is 0.349 e. The number of rotatable bonds is 5. The van der Waals surface area contributed by atoms with E-state index in [4.69, 9.17) is 14.3 Å². The molecule has 2 heterocycles. The molecule has 2 aromatic carbocycles. The van der Waals surface area contributed by atoms with Crippen molar-refractivity contribution in [3.8, 4) is 0 Å². The number of hydrogen-bond donors (Lipinski definition) is 2. The molecular formula is C22H18ClF2N3O4. The van der Waals surface area contributed by atoms with E-state index in [9.17, 15) is 28.0 Å². The maximum Gasteiger partial charge on any atom is 0.349 e. The molecule has 4 rings (SSSR count). The first-order valence-corrected chi connectivity index (χ1v) is 10.1. The van der Waals surface area contributed by atoms with Crippen molar-refractivity contribution in [3.63, 3.8) is 0 Å². The van der Waals surface area contributed by atoms with Crippen LogP contribution in [0.5, 0.6) is 0 Å². The van der Waals surface area contributed by atoms with Gasteiger partial charge in [-0.2, -0.15) is 8.78 Å². The summed E-state index contributed by atoms with van der Waals surface area (Å²) in [6.45, 7) is -0.184. The summed E-state index contributed by atoms with van der Waals surface area (Å²) in [6.07, 6.45) is 0.332. The lowest BCUT2D eigenvalue weighted by molar-refractivity contribution is -0.147. The molecule has 4 amide bonds. The van der Waals surface area contributed by atoms with E-state index in [1.54, 1.807) is 6.07 Å². The predicted molar refractivity (Wildman–Crippen MR) is 110 cm³/mol. The minimum absolute atomic E-state index is 0.0611. The molecule has 0 aromatic heterocycles. The number of imide groups is 1. The van der Waals surface area contributed by atoms with Crippen LogP contribution in [0.15, 0.2) is 42.4 Å². The van der Waals surface area contributed by atoms with Crippen LogP contribution >= 0.6 is 11.6 Å². The Kier molecular flexibility index (Phi) is 5.03. The number of benzene rings is 2. The monoisotopic (exact) mass is 463 g/mol. The third-order valence-electron chi connectivity index (χ3n) is 5.35. The molecule has 1 unspecified atom stereocenters. The van der Waals surface area contributed by atoms with Crippen molar-refractivity contribution in [2.75, 3.05) is 0 Å². The Morgan fingerprint density at radius 2 is 1.97 bits per heavy atom.